The van der Waals surface area contributed by atoms with Gasteiger partial charge >= 0.3 is 5.69 Å². The molecule has 0 amide bonds. The molecule has 0 aromatic carbocycles. The molecule has 0 atom stereocenters. The molecule has 5 heteroatoms. The van der Waals surface area contributed by atoms with Crippen molar-refractivity contribution in [2.45, 2.75) is 37.5 Å². The monoisotopic (exact) mass is 236 g/mol. The van der Waals surface area contributed by atoms with E-state index in [1.807, 2.05) is 6.20 Å². The maximum absolute atomic E-state index is 11.6. The van der Waals surface area contributed by atoms with Gasteiger partial charge in [-0.15, -0.1) is 0 Å². The minimum absolute atomic E-state index is 0.165. The fourth-order valence-corrected chi connectivity index (χ4v) is 2.75. The number of ether oxygens (including phenoxy) is 2. The van der Waals surface area contributed by atoms with E-state index in [4.69, 9.17) is 9.47 Å². The van der Waals surface area contributed by atoms with Gasteiger partial charge in [-0.1, -0.05) is 0 Å². The van der Waals surface area contributed by atoms with E-state index in [0.29, 0.717) is 13.2 Å². The lowest BCUT2D eigenvalue weighted by atomic mass is 9.90. The topological polar surface area (TPSA) is 53.4 Å². The molecule has 1 aliphatic heterocycles. The lowest BCUT2D eigenvalue weighted by molar-refractivity contribution is -0.181. The molecule has 1 aromatic rings. The van der Waals surface area contributed by atoms with Crippen LogP contribution in [0.4, 0.5) is 0 Å². The number of nitrogens with zero attached hydrogens (tertiary/aromatic N) is 2. The summed E-state index contributed by atoms with van der Waals surface area (Å²) in [6, 6.07) is 2.03. The van der Waals surface area contributed by atoms with E-state index < -0.39 is 0 Å². The maximum Gasteiger partial charge on any atom is 0.347 e. The standard InChI is InChI=1S/C12H16N2O3/c15-11-13-6-1-7-14(11)10-2-4-12(5-3-10)16-8-9-17-12/h1,6-7,10H,2-5,8-9H2. The second-order valence-electron chi connectivity index (χ2n) is 4.65. The van der Waals surface area contributed by atoms with Crippen molar-refractivity contribution in [1.82, 2.24) is 9.55 Å². The number of hydrogen-bond donors (Lipinski definition) is 0. The molecule has 2 aliphatic rings. The minimum atomic E-state index is -0.359. The van der Waals surface area contributed by atoms with Crippen molar-refractivity contribution in [1.29, 1.82) is 0 Å². The molecule has 1 aliphatic carbocycles. The van der Waals surface area contributed by atoms with Crippen LogP contribution in [0, 0.1) is 0 Å². The van der Waals surface area contributed by atoms with Crippen molar-refractivity contribution in [3.63, 3.8) is 0 Å². The van der Waals surface area contributed by atoms with E-state index in [1.165, 1.54) is 6.20 Å². The van der Waals surface area contributed by atoms with Crippen LogP contribution in [0.25, 0.3) is 0 Å². The third kappa shape index (κ3) is 2.00. The van der Waals surface area contributed by atoms with Crippen molar-refractivity contribution in [3.8, 4) is 0 Å². The van der Waals surface area contributed by atoms with Crippen molar-refractivity contribution in [2.75, 3.05) is 13.2 Å². The van der Waals surface area contributed by atoms with Gasteiger partial charge in [-0.2, -0.15) is 0 Å². The Labute approximate surface area is 99.4 Å². The molecule has 0 radical (unpaired) electrons. The molecule has 1 saturated carbocycles. The van der Waals surface area contributed by atoms with Gasteiger partial charge in [0.1, 0.15) is 0 Å². The second-order valence-corrected chi connectivity index (χ2v) is 4.65. The third-order valence-electron chi connectivity index (χ3n) is 3.66. The van der Waals surface area contributed by atoms with Gasteiger partial charge in [0.15, 0.2) is 5.79 Å². The molecule has 5 nitrogen and oxygen atoms in total. The summed E-state index contributed by atoms with van der Waals surface area (Å²) in [7, 11) is 0. The zero-order valence-corrected chi connectivity index (χ0v) is 9.67. The van der Waals surface area contributed by atoms with Gasteiger partial charge in [0.05, 0.1) is 13.2 Å². The van der Waals surface area contributed by atoms with Crippen molar-refractivity contribution in [3.05, 3.63) is 28.9 Å². The second kappa shape index (κ2) is 4.23. The van der Waals surface area contributed by atoms with Gasteiger partial charge < -0.3 is 9.47 Å². The van der Waals surface area contributed by atoms with Crippen molar-refractivity contribution in [2.24, 2.45) is 0 Å². The zero-order valence-electron chi connectivity index (χ0n) is 9.67. The van der Waals surface area contributed by atoms with Crippen LogP contribution >= 0.6 is 0 Å². The first kappa shape index (κ1) is 10.9. The molecule has 1 aromatic heterocycles. The molecule has 2 heterocycles. The van der Waals surface area contributed by atoms with Gasteiger partial charge in [-0.05, 0) is 18.9 Å². The molecule has 1 spiro atoms. The van der Waals surface area contributed by atoms with E-state index in [0.717, 1.165) is 25.7 Å². The van der Waals surface area contributed by atoms with Gasteiger partial charge in [0.25, 0.3) is 0 Å². The predicted molar refractivity (Wildman–Crippen MR) is 60.6 cm³/mol. The Morgan fingerprint density at radius 2 is 2.00 bits per heavy atom. The first-order chi connectivity index (χ1) is 8.29. The Hall–Kier alpha value is -1.20. The molecule has 2 fully saturated rings. The first-order valence-electron chi connectivity index (χ1n) is 6.10. The summed E-state index contributed by atoms with van der Waals surface area (Å²) >= 11 is 0. The molecule has 0 N–H and O–H groups in total. The summed E-state index contributed by atoms with van der Waals surface area (Å²) in [6.45, 7) is 1.38. The molecule has 3 rings (SSSR count). The van der Waals surface area contributed by atoms with Gasteiger partial charge in [0.2, 0.25) is 0 Å². The van der Waals surface area contributed by atoms with Gasteiger partial charge in [-0.3, -0.25) is 4.57 Å². The molecule has 0 unspecified atom stereocenters. The highest BCUT2D eigenvalue weighted by Crippen LogP contribution is 2.39. The largest absolute Gasteiger partial charge is 0.348 e. The normalized spacial score (nSPS) is 24.2. The molecule has 17 heavy (non-hydrogen) atoms. The summed E-state index contributed by atoms with van der Waals surface area (Å²) in [4.78, 5) is 15.4. The van der Waals surface area contributed by atoms with E-state index in [2.05, 4.69) is 4.98 Å². The fraction of sp³-hybridized carbons (Fsp3) is 0.667. The van der Waals surface area contributed by atoms with Crippen LogP contribution in [0.1, 0.15) is 31.7 Å². The number of hydrogen-bond acceptors (Lipinski definition) is 4. The minimum Gasteiger partial charge on any atom is -0.348 e. The van der Waals surface area contributed by atoms with Gasteiger partial charge in [-0.25, -0.2) is 9.78 Å². The van der Waals surface area contributed by atoms with Crippen LogP contribution in [0.5, 0.6) is 0 Å². The van der Waals surface area contributed by atoms with Crippen LogP contribution in [-0.2, 0) is 9.47 Å². The lowest BCUT2D eigenvalue weighted by Gasteiger charge is -2.35. The SMILES string of the molecule is O=c1ncccn1C1CCC2(CC1)OCCO2. The zero-order chi connectivity index (χ0) is 11.7. The van der Waals surface area contributed by atoms with Crippen molar-refractivity contribution >= 4 is 0 Å². The Morgan fingerprint density at radius 3 is 2.65 bits per heavy atom. The van der Waals surface area contributed by atoms with Crippen LogP contribution in [0.15, 0.2) is 23.3 Å². The highest BCUT2D eigenvalue weighted by atomic mass is 16.7. The van der Waals surface area contributed by atoms with Gasteiger partial charge in [0, 0.05) is 31.3 Å². The van der Waals surface area contributed by atoms with Crippen molar-refractivity contribution < 1.29 is 9.47 Å². The predicted octanol–water partition coefficient (Wildman–Crippen LogP) is 1.10. The van der Waals surface area contributed by atoms with E-state index in [-0.39, 0.29) is 17.5 Å². The molecule has 92 valence electrons. The first-order valence-corrected chi connectivity index (χ1v) is 6.10. The van der Waals surface area contributed by atoms with E-state index in [1.54, 1.807) is 10.6 Å². The maximum atomic E-state index is 11.6. The van der Waals surface area contributed by atoms with Crippen LogP contribution in [0.3, 0.4) is 0 Å². The smallest absolute Gasteiger partial charge is 0.347 e. The van der Waals surface area contributed by atoms with Crippen LogP contribution in [0.2, 0.25) is 0 Å². The quantitative estimate of drug-likeness (QED) is 0.732. The van der Waals surface area contributed by atoms with Crippen LogP contribution < -0.4 is 5.69 Å². The molecular formula is C12H16N2O3. The number of rotatable bonds is 1. The number of aromatic nitrogens is 2. The Bertz CT molecular complexity index is 441. The summed E-state index contributed by atoms with van der Waals surface area (Å²) in [5, 5.41) is 0. The average molecular weight is 236 g/mol. The highest BCUT2D eigenvalue weighted by Gasteiger charge is 2.40. The van der Waals surface area contributed by atoms with Crippen LogP contribution in [-0.4, -0.2) is 28.6 Å². The summed E-state index contributed by atoms with van der Waals surface area (Å²) in [6.07, 6.45) is 6.88. The Balaban J connectivity index is 1.73. The average Bonchev–Trinajstić information content (AvgIpc) is 2.80. The third-order valence-corrected chi connectivity index (χ3v) is 3.66. The molecular weight excluding hydrogens is 220 g/mol. The molecule has 1 saturated heterocycles. The molecule has 0 bridgehead atoms. The lowest BCUT2D eigenvalue weighted by Crippen LogP contribution is -2.38. The Kier molecular flexibility index (Phi) is 2.72. The summed E-state index contributed by atoms with van der Waals surface area (Å²) in [5.74, 6) is -0.359. The Morgan fingerprint density at radius 1 is 1.29 bits per heavy atom. The highest BCUT2D eigenvalue weighted by molar-refractivity contribution is 4.90. The summed E-state index contributed by atoms with van der Waals surface area (Å²) < 4.78 is 13.1. The fourth-order valence-electron chi connectivity index (χ4n) is 2.75. The summed E-state index contributed by atoms with van der Waals surface area (Å²) in [5.41, 5.74) is -0.165. The van der Waals surface area contributed by atoms with E-state index >= 15 is 0 Å². The van der Waals surface area contributed by atoms with E-state index in [9.17, 15) is 4.79 Å².